The van der Waals surface area contributed by atoms with E-state index in [0.29, 0.717) is 10.6 Å². The molecule has 0 saturated heterocycles. The molecule has 72 valence electrons. The summed E-state index contributed by atoms with van der Waals surface area (Å²) >= 11 is 9.08. The van der Waals surface area contributed by atoms with E-state index in [0.717, 1.165) is 10.9 Å². The van der Waals surface area contributed by atoms with Gasteiger partial charge in [-0.25, -0.2) is 0 Å². The lowest BCUT2D eigenvalue weighted by atomic mass is 10.0. The minimum Gasteiger partial charge on any atom is -0.506 e. The molecule has 2 nitrogen and oxygen atoms in total. The molecule has 0 amide bonds. The number of phenols is 1. The predicted molar refractivity (Wildman–Crippen MR) is 58.0 cm³/mol. The second-order valence-electron chi connectivity index (χ2n) is 2.84. The first-order chi connectivity index (χ1) is 6.06. The fourth-order valence-corrected chi connectivity index (χ4v) is 1.92. The quantitative estimate of drug-likeness (QED) is 0.861. The van der Waals surface area contributed by atoms with Crippen LogP contribution in [0.15, 0.2) is 16.6 Å². The Morgan fingerprint density at radius 2 is 2.23 bits per heavy atom. The van der Waals surface area contributed by atoms with Gasteiger partial charge in [0.1, 0.15) is 5.75 Å². The Balaban J connectivity index is 3.20. The summed E-state index contributed by atoms with van der Waals surface area (Å²) < 4.78 is 0.828. The summed E-state index contributed by atoms with van der Waals surface area (Å²) in [7, 11) is 0. The van der Waals surface area contributed by atoms with Crippen molar-refractivity contribution in [3.63, 3.8) is 0 Å². The summed E-state index contributed by atoms with van der Waals surface area (Å²) in [5.41, 5.74) is 6.48. The molecule has 0 unspecified atom stereocenters. The standard InChI is InChI=1S/C9H11BrClNO/c1-2-8(12)6-3-5(10)4-7(11)9(6)13/h3-4,8,13H,2,12H2,1H3/t8-/m0/s1. The van der Waals surface area contributed by atoms with Crippen molar-refractivity contribution < 1.29 is 5.11 Å². The van der Waals surface area contributed by atoms with Crippen molar-refractivity contribution in [1.29, 1.82) is 0 Å². The van der Waals surface area contributed by atoms with Gasteiger partial charge in [0.25, 0.3) is 0 Å². The molecule has 0 aliphatic rings. The fourth-order valence-electron chi connectivity index (χ4n) is 1.09. The first-order valence-corrected chi connectivity index (χ1v) is 5.16. The number of hydrogen-bond acceptors (Lipinski definition) is 2. The van der Waals surface area contributed by atoms with Crippen LogP contribution in [-0.4, -0.2) is 5.11 Å². The van der Waals surface area contributed by atoms with E-state index in [1.807, 2.05) is 6.92 Å². The highest BCUT2D eigenvalue weighted by atomic mass is 79.9. The van der Waals surface area contributed by atoms with Crippen LogP contribution in [0.4, 0.5) is 0 Å². The summed E-state index contributed by atoms with van der Waals surface area (Å²) in [6.07, 6.45) is 0.764. The highest BCUT2D eigenvalue weighted by Crippen LogP contribution is 2.34. The van der Waals surface area contributed by atoms with Crippen LogP contribution in [0.5, 0.6) is 5.75 Å². The number of hydrogen-bond donors (Lipinski definition) is 2. The van der Waals surface area contributed by atoms with Crippen molar-refractivity contribution in [2.75, 3.05) is 0 Å². The van der Waals surface area contributed by atoms with Crippen LogP contribution in [0, 0.1) is 0 Å². The van der Waals surface area contributed by atoms with E-state index in [1.54, 1.807) is 12.1 Å². The van der Waals surface area contributed by atoms with E-state index in [2.05, 4.69) is 15.9 Å². The average molecular weight is 265 g/mol. The average Bonchev–Trinajstić information content (AvgIpc) is 2.10. The van der Waals surface area contributed by atoms with E-state index in [4.69, 9.17) is 17.3 Å². The Morgan fingerprint density at radius 3 is 2.77 bits per heavy atom. The molecular formula is C9H11BrClNO. The SMILES string of the molecule is CC[C@H](N)c1cc(Br)cc(Cl)c1O. The first kappa shape index (κ1) is 10.8. The van der Waals surface area contributed by atoms with Crippen molar-refractivity contribution >= 4 is 27.5 Å². The third kappa shape index (κ3) is 2.36. The van der Waals surface area contributed by atoms with E-state index in [9.17, 15) is 5.11 Å². The molecule has 0 heterocycles. The lowest BCUT2D eigenvalue weighted by Crippen LogP contribution is -2.08. The molecule has 0 radical (unpaired) electrons. The van der Waals surface area contributed by atoms with Crippen LogP contribution in [0.3, 0.4) is 0 Å². The number of rotatable bonds is 2. The number of phenolic OH excluding ortho intramolecular Hbond substituents is 1. The Hall–Kier alpha value is -0.250. The van der Waals surface area contributed by atoms with Gasteiger partial charge >= 0.3 is 0 Å². The maximum Gasteiger partial charge on any atom is 0.139 e. The molecule has 0 aliphatic carbocycles. The maximum absolute atomic E-state index is 9.59. The van der Waals surface area contributed by atoms with Crippen molar-refractivity contribution in [3.05, 3.63) is 27.2 Å². The van der Waals surface area contributed by atoms with Gasteiger partial charge in [-0.2, -0.15) is 0 Å². The van der Waals surface area contributed by atoms with E-state index in [1.165, 1.54) is 0 Å². The van der Waals surface area contributed by atoms with Gasteiger partial charge in [-0.3, -0.25) is 0 Å². The molecule has 1 aromatic rings. The van der Waals surface area contributed by atoms with Gasteiger partial charge in [0.05, 0.1) is 5.02 Å². The third-order valence-corrected chi connectivity index (χ3v) is 2.64. The van der Waals surface area contributed by atoms with Crippen LogP contribution in [0.1, 0.15) is 24.9 Å². The molecule has 1 atom stereocenters. The van der Waals surface area contributed by atoms with E-state index in [-0.39, 0.29) is 11.8 Å². The number of aromatic hydroxyl groups is 1. The van der Waals surface area contributed by atoms with Crippen molar-refractivity contribution in [2.45, 2.75) is 19.4 Å². The van der Waals surface area contributed by atoms with Crippen LogP contribution in [0.25, 0.3) is 0 Å². The first-order valence-electron chi connectivity index (χ1n) is 3.99. The molecule has 1 aromatic carbocycles. The van der Waals surface area contributed by atoms with Gasteiger partial charge in [-0.05, 0) is 18.6 Å². The molecule has 13 heavy (non-hydrogen) atoms. The zero-order valence-corrected chi connectivity index (χ0v) is 9.56. The molecule has 0 aliphatic heterocycles. The third-order valence-electron chi connectivity index (χ3n) is 1.90. The summed E-state index contributed by atoms with van der Waals surface area (Å²) in [5.74, 6) is 0.0826. The molecule has 1 rings (SSSR count). The van der Waals surface area contributed by atoms with Gasteiger partial charge in [0.2, 0.25) is 0 Å². The lowest BCUT2D eigenvalue weighted by Gasteiger charge is -2.12. The fraction of sp³-hybridized carbons (Fsp3) is 0.333. The minimum atomic E-state index is -0.171. The Kier molecular flexibility index (Phi) is 3.59. The molecule has 0 bridgehead atoms. The predicted octanol–water partition coefficient (Wildman–Crippen LogP) is 3.22. The summed E-state index contributed by atoms with van der Waals surface area (Å²) in [6, 6.07) is 3.26. The van der Waals surface area contributed by atoms with Crippen LogP contribution in [-0.2, 0) is 0 Å². The zero-order chi connectivity index (χ0) is 10.0. The molecule has 0 saturated carbocycles. The van der Waals surface area contributed by atoms with Gasteiger partial charge in [0, 0.05) is 16.1 Å². The lowest BCUT2D eigenvalue weighted by molar-refractivity contribution is 0.460. The molecule has 0 aromatic heterocycles. The Morgan fingerprint density at radius 1 is 1.62 bits per heavy atom. The second-order valence-corrected chi connectivity index (χ2v) is 4.16. The molecule has 4 heteroatoms. The largest absolute Gasteiger partial charge is 0.506 e. The van der Waals surface area contributed by atoms with Crippen molar-refractivity contribution in [2.24, 2.45) is 5.73 Å². The number of nitrogens with two attached hydrogens (primary N) is 1. The molecule has 0 fully saturated rings. The molecular weight excluding hydrogens is 253 g/mol. The molecule has 3 N–H and O–H groups in total. The Bertz CT molecular complexity index is 317. The monoisotopic (exact) mass is 263 g/mol. The molecule has 0 spiro atoms. The van der Waals surface area contributed by atoms with E-state index < -0.39 is 0 Å². The minimum absolute atomic E-state index is 0.0826. The summed E-state index contributed by atoms with van der Waals surface area (Å²) in [4.78, 5) is 0. The van der Waals surface area contributed by atoms with Crippen molar-refractivity contribution in [3.8, 4) is 5.75 Å². The van der Waals surface area contributed by atoms with Crippen LogP contribution in [0.2, 0.25) is 5.02 Å². The second kappa shape index (κ2) is 4.31. The van der Waals surface area contributed by atoms with Gasteiger partial charge in [-0.1, -0.05) is 34.5 Å². The Labute approximate surface area is 90.8 Å². The zero-order valence-electron chi connectivity index (χ0n) is 7.22. The smallest absolute Gasteiger partial charge is 0.139 e. The van der Waals surface area contributed by atoms with Crippen molar-refractivity contribution in [1.82, 2.24) is 0 Å². The number of benzene rings is 1. The summed E-state index contributed by atoms with van der Waals surface area (Å²) in [6.45, 7) is 1.96. The van der Waals surface area contributed by atoms with Crippen LogP contribution >= 0.6 is 27.5 Å². The number of halogens is 2. The summed E-state index contributed by atoms with van der Waals surface area (Å²) in [5, 5.41) is 9.92. The van der Waals surface area contributed by atoms with E-state index >= 15 is 0 Å². The van der Waals surface area contributed by atoms with Gasteiger partial charge in [0.15, 0.2) is 0 Å². The van der Waals surface area contributed by atoms with Gasteiger partial charge < -0.3 is 10.8 Å². The normalized spacial score (nSPS) is 12.9. The maximum atomic E-state index is 9.59. The highest BCUT2D eigenvalue weighted by Gasteiger charge is 2.12. The van der Waals surface area contributed by atoms with Gasteiger partial charge in [-0.15, -0.1) is 0 Å². The highest BCUT2D eigenvalue weighted by molar-refractivity contribution is 9.10. The van der Waals surface area contributed by atoms with Crippen LogP contribution < -0.4 is 5.73 Å². The topological polar surface area (TPSA) is 46.2 Å².